The first-order valence-corrected chi connectivity index (χ1v) is 7.00. The van der Waals surface area contributed by atoms with E-state index in [0.29, 0.717) is 12.0 Å². The van der Waals surface area contributed by atoms with E-state index in [0.717, 1.165) is 43.0 Å². The number of anilines is 1. The van der Waals surface area contributed by atoms with E-state index in [9.17, 15) is 0 Å². The molecular weight excluding hydrogens is 238 g/mol. The summed E-state index contributed by atoms with van der Waals surface area (Å²) in [7, 11) is 0. The van der Waals surface area contributed by atoms with Crippen LogP contribution in [0, 0.1) is 12.8 Å². The Morgan fingerprint density at radius 1 is 1.47 bits per heavy atom. The summed E-state index contributed by atoms with van der Waals surface area (Å²) >= 11 is 0. The first-order valence-electron chi connectivity index (χ1n) is 7.00. The second kappa shape index (κ2) is 4.81. The summed E-state index contributed by atoms with van der Waals surface area (Å²) in [6, 6.07) is 2.42. The van der Waals surface area contributed by atoms with Crippen molar-refractivity contribution < 1.29 is 0 Å². The highest BCUT2D eigenvalue weighted by Gasteiger charge is 2.27. The van der Waals surface area contributed by atoms with Crippen LogP contribution in [0.2, 0.25) is 0 Å². The molecule has 0 bridgehead atoms. The molecule has 0 radical (unpaired) electrons. The molecule has 3 rings (SSSR count). The van der Waals surface area contributed by atoms with E-state index < -0.39 is 0 Å². The number of piperidine rings is 1. The average molecular weight is 259 g/mol. The lowest BCUT2D eigenvalue weighted by molar-refractivity contribution is 0.347. The van der Waals surface area contributed by atoms with Crippen molar-refractivity contribution in [1.82, 2.24) is 14.6 Å². The number of aryl methyl sites for hydroxylation is 1. The molecule has 1 fully saturated rings. The van der Waals surface area contributed by atoms with Crippen LogP contribution >= 0.6 is 0 Å². The third-order valence-electron chi connectivity index (χ3n) is 4.11. The fourth-order valence-corrected chi connectivity index (χ4v) is 2.95. The van der Waals surface area contributed by atoms with Gasteiger partial charge in [0.15, 0.2) is 5.82 Å². The molecule has 1 saturated heterocycles. The van der Waals surface area contributed by atoms with Crippen LogP contribution in [-0.2, 0) is 0 Å². The first kappa shape index (κ1) is 12.4. The van der Waals surface area contributed by atoms with Gasteiger partial charge < -0.3 is 10.6 Å². The van der Waals surface area contributed by atoms with Gasteiger partial charge in [0.05, 0.1) is 5.69 Å². The maximum Gasteiger partial charge on any atom is 0.154 e. The Morgan fingerprint density at radius 2 is 2.32 bits per heavy atom. The molecule has 0 aliphatic carbocycles. The predicted molar refractivity (Wildman–Crippen MR) is 76.3 cm³/mol. The number of rotatable bonds is 2. The minimum Gasteiger partial charge on any atom is -0.354 e. The van der Waals surface area contributed by atoms with Gasteiger partial charge in [0.25, 0.3) is 0 Å². The van der Waals surface area contributed by atoms with Gasteiger partial charge >= 0.3 is 0 Å². The molecule has 0 aromatic carbocycles. The van der Waals surface area contributed by atoms with Crippen LogP contribution in [0.4, 0.5) is 5.82 Å². The molecule has 2 aromatic rings. The van der Waals surface area contributed by atoms with Crippen LogP contribution in [-0.4, -0.2) is 33.7 Å². The molecule has 0 amide bonds. The van der Waals surface area contributed by atoms with Crippen molar-refractivity contribution in [1.29, 1.82) is 0 Å². The lowest BCUT2D eigenvalue weighted by atomic mass is 9.91. The van der Waals surface area contributed by atoms with Gasteiger partial charge in [0.1, 0.15) is 5.52 Å². The zero-order valence-corrected chi connectivity index (χ0v) is 11.6. The minimum atomic E-state index is 0.327. The van der Waals surface area contributed by atoms with Crippen molar-refractivity contribution in [2.75, 3.05) is 18.0 Å². The highest BCUT2D eigenvalue weighted by Crippen LogP contribution is 2.26. The summed E-state index contributed by atoms with van der Waals surface area (Å²) in [6.45, 7) is 6.20. The molecule has 0 saturated carbocycles. The second-order valence-electron chi connectivity index (χ2n) is 5.43. The van der Waals surface area contributed by atoms with Crippen molar-refractivity contribution >= 4 is 11.3 Å². The third-order valence-corrected chi connectivity index (χ3v) is 4.11. The van der Waals surface area contributed by atoms with Gasteiger partial charge in [0.2, 0.25) is 0 Å². The summed E-state index contributed by atoms with van der Waals surface area (Å²) in [5.41, 5.74) is 8.29. The molecule has 2 N–H and O–H groups in total. The average Bonchev–Trinajstić information content (AvgIpc) is 2.79. The number of fused-ring (bicyclic) bond motifs is 1. The molecule has 1 aliphatic rings. The summed E-state index contributed by atoms with van der Waals surface area (Å²) < 4.78 is 1.91. The van der Waals surface area contributed by atoms with Gasteiger partial charge in [-0.1, -0.05) is 13.3 Å². The number of hydrogen-bond donors (Lipinski definition) is 1. The first-order chi connectivity index (χ1) is 9.19. The maximum absolute atomic E-state index is 6.18. The molecule has 0 spiro atoms. The highest BCUT2D eigenvalue weighted by molar-refractivity contribution is 5.69. The summed E-state index contributed by atoms with van der Waals surface area (Å²) in [4.78, 5) is 6.92. The highest BCUT2D eigenvalue weighted by atomic mass is 15.3. The van der Waals surface area contributed by atoms with Gasteiger partial charge in [-0.2, -0.15) is 5.10 Å². The monoisotopic (exact) mass is 259 g/mol. The molecule has 2 atom stereocenters. The Bertz CT molecular complexity index is 576. The Balaban J connectivity index is 1.95. The summed E-state index contributed by atoms with van der Waals surface area (Å²) in [6.07, 6.45) is 5.89. The molecule has 3 heterocycles. The third kappa shape index (κ3) is 2.18. The standard InChI is InChI=1S/C14H21N5/c1-3-11-9-18(6-4-12(11)15)14-13-8-10(2)17-19(13)7-5-16-14/h5,7-8,11-12H,3-4,6,9,15H2,1-2H3. The van der Waals surface area contributed by atoms with Crippen molar-refractivity contribution in [2.24, 2.45) is 11.7 Å². The van der Waals surface area contributed by atoms with Crippen LogP contribution in [0.25, 0.3) is 5.52 Å². The predicted octanol–water partition coefficient (Wildman–Crippen LogP) is 1.60. The van der Waals surface area contributed by atoms with E-state index in [4.69, 9.17) is 5.73 Å². The number of hydrogen-bond acceptors (Lipinski definition) is 4. The normalized spacial score (nSPS) is 24.1. The smallest absolute Gasteiger partial charge is 0.154 e. The van der Waals surface area contributed by atoms with Crippen molar-refractivity contribution in [3.05, 3.63) is 24.2 Å². The Kier molecular flexibility index (Phi) is 3.14. The van der Waals surface area contributed by atoms with Crippen LogP contribution in [0.5, 0.6) is 0 Å². The quantitative estimate of drug-likeness (QED) is 0.890. The molecule has 2 aromatic heterocycles. The van der Waals surface area contributed by atoms with Crippen molar-refractivity contribution in [2.45, 2.75) is 32.7 Å². The molecule has 102 valence electrons. The molecular formula is C14H21N5. The van der Waals surface area contributed by atoms with Crippen LogP contribution in [0.3, 0.4) is 0 Å². The van der Waals surface area contributed by atoms with Gasteiger partial charge in [-0.25, -0.2) is 9.50 Å². The maximum atomic E-state index is 6.18. The van der Waals surface area contributed by atoms with Gasteiger partial charge in [-0.3, -0.25) is 0 Å². The zero-order valence-electron chi connectivity index (χ0n) is 11.6. The lowest BCUT2D eigenvalue weighted by Gasteiger charge is -2.37. The Morgan fingerprint density at radius 3 is 3.11 bits per heavy atom. The Hall–Kier alpha value is -1.62. The van der Waals surface area contributed by atoms with Gasteiger partial charge in [-0.05, 0) is 25.3 Å². The number of nitrogens with two attached hydrogens (primary N) is 1. The van der Waals surface area contributed by atoms with E-state index in [1.807, 2.05) is 23.8 Å². The topological polar surface area (TPSA) is 59.5 Å². The van der Waals surface area contributed by atoms with Crippen molar-refractivity contribution in [3.63, 3.8) is 0 Å². The zero-order chi connectivity index (χ0) is 13.4. The van der Waals surface area contributed by atoms with E-state index in [-0.39, 0.29) is 0 Å². The summed E-state index contributed by atoms with van der Waals surface area (Å²) in [5.74, 6) is 1.59. The van der Waals surface area contributed by atoms with Crippen LogP contribution in [0.15, 0.2) is 18.5 Å². The molecule has 2 unspecified atom stereocenters. The number of nitrogens with zero attached hydrogens (tertiary/aromatic N) is 4. The second-order valence-corrected chi connectivity index (χ2v) is 5.43. The van der Waals surface area contributed by atoms with Crippen molar-refractivity contribution in [3.8, 4) is 0 Å². The largest absolute Gasteiger partial charge is 0.354 e. The van der Waals surface area contributed by atoms with E-state index >= 15 is 0 Å². The van der Waals surface area contributed by atoms with Crippen LogP contribution in [0.1, 0.15) is 25.5 Å². The number of aromatic nitrogens is 3. The fraction of sp³-hybridized carbons (Fsp3) is 0.571. The summed E-state index contributed by atoms with van der Waals surface area (Å²) in [5, 5.41) is 4.45. The fourth-order valence-electron chi connectivity index (χ4n) is 2.95. The van der Waals surface area contributed by atoms with Gasteiger partial charge in [-0.15, -0.1) is 0 Å². The van der Waals surface area contributed by atoms with Crippen LogP contribution < -0.4 is 10.6 Å². The molecule has 1 aliphatic heterocycles. The van der Waals surface area contributed by atoms with Gasteiger partial charge in [0, 0.05) is 31.5 Å². The molecule has 5 nitrogen and oxygen atoms in total. The Labute approximate surface area is 113 Å². The van der Waals surface area contributed by atoms with E-state index in [2.05, 4.69) is 28.0 Å². The minimum absolute atomic E-state index is 0.327. The SMILES string of the molecule is CCC1CN(c2nccn3nc(C)cc23)CCC1N. The molecule has 5 heteroatoms. The molecule has 19 heavy (non-hydrogen) atoms. The van der Waals surface area contributed by atoms with E-state index in [1.165, 1.54) is 0 Å². The lowest BCUT2D eigenvalue weighted by Crippen LogP contribution is -2.47. The van der Waals surface area contributed by atoms with E-state index in [1.54, 1.807) is 0 Å².